The second kappa shape index (κ2) is 12.1. The summed E-state index contributed by atoms with van der Waals surface area (Å²) in [7, 11) is -3.08. The molecule has 0 amide bonds. The molecule has 5 nitrogen and oxygen atoms in total. The van der Waals surface area contributed by atoms with E-state index in [2.05, 4.69) is 11.8 Å². The van der Waals surface area contributed by atoms with E-state index in [4.69, 9.17) is 5.26 Å². The summed E-state index contributed by atoms with van der Waals surface area (Å²) in [6.07, 6.45) is 9.10. The van der Waals surface area contributed by atoms with Gasteiger partial charge >= 0.3 is 5.97 Å². The molecule has 0 rings (SSSR count). The molecule has 0 aliphatic carbocycles. The van der Waals surface area contributed by atoms with E-state index in [9.17, 15) is 13.2 Å². The zero-order valence-corrected chi connectivity index (χ0v) is 13.3. The van der Waals surface area contributed by atoms with Crippen LogP contribution in [0.15, 0.2) is 0 Å². The third kappa shape index (κ3) is 12.4. The van der Waals surface area contributed by atoms with E-state index < -0.39 is 15.8 Å². The number of carbonyl (C=O) groups is 1. The fourth-order valence-corrected chi connectivity index (χ4v) is 3.47. The molecule has 0 radical (unpaired) electrons. The normalized spacial score (nSPS) is 11.5. The third-order valence-corrected chi connectivity index (χ3v) is 5.07. The van der Waals surface area contributed by atoms with Gasteiger partial charge in [0, 0.05) is 6.42 Å². The Morgan fingerprint density at radius 2 is 1.40 bits per heavy atom. The first-order valence-electron chi connectivity index (χ1n) is 7.56. The predicted molar refractivity (Wildman–Crippen MR) is 79.2 cm³/mol. The van der Waals surface area contributed by atoms with Gasteiger partial charge in [0.2, 0.25) is 0 Å². The van der Waals surface area contributed by atoms with Crippen LogP contribution in [-0.2, 0) is 19.5 Å². The van der Waals surface area contributed by atoms with Gasteiger partial charge in [-0.05, 0) is 12.8 Å². The summed E-state index contributed by atoms with van der Waals surface area (Å²) >= 11 is 0. The van der Waals surface area contributed by atoms with Crippen LogP contribution in [0, 0.1) is 0 Å². The third-order valence-electron chi connectivity index (χ3n) is 3.25. The van der Waals surface area contributed by atoms with Crippen LogP contribution in [0.25, 0.3) is 0 Å². The van der Waals surface area contributed by atoms with Crippen molar-refractivity contribution in [1.29, 1.82) is 0 Å². The summed E-state index contributed by atoms with van der Waals surface area (Å²) in [5.41, 5.74) is 0. The van der Waals surface area contributed by atoms with E-state index in [1.807, 2.05) is 0 Å². The van der Waals surface area contributed by atoms with Crippen molar-refractivity contribution in [3.63, 3.8) is 0 Å². The van der Waals surface area contributed by atoms with E-state index in [0.29, 0.717) is 6.42 Å². The minimum atomic E-state index is -3.08. The monoisotopic (exact) mass is 308 g/mol. The molecule has 0 fully saturated rings. The highest BCUT2D eigenvalue weighted by atomic mass is 32.2. The lowest BCUT2D eigenvalue weighted by atomic mass is 10.1. The molecule has 6 heteroatoms. The van der Waals surface area contributed by atoms with Crippen LogP contribution < -0.4 is 0 Å². The SMILES string of the molecule is CCCCCCCCCCS(=O)(=O)CCCC(=O)OO. The number of rotatable bonds is 13. The lowest BCUT2D eigenvalue weighted by molar-refractivity contribution is -0.234. The first kappa shape index (κ1) is 19.4. The maximum atomic E-state index is 11.7. The Hall–Kier alpha value is -0.620. The van der Waals surface area contributed by atoms with Gasteiger partial charge in [-0.15, -0.1) is 0 Å². The highest BCUT2D eigenvalue weighted by molar-refractivity contribution is 7.91. The zero-order chi connectivity index (χ0) is 15.3. The second-order valence-electron chi connectivity index (χ2n) is 5.19. The van der Waals surface area contributed by atoms with Crippen molar-refractivity contribution in [1.82, 2.24) is 0 Å². The fraction of sp³-hybridized carbons (Fsp3) is 0.929. The van der Waals surface area contributed by atoms with Crippen LogP contribution in [0.1, 0.15) is 71.1 Å². The molecule has 0 aliphatic rings. The standard InChI is InChI=1S/C14H28O5S/c1-2-3-4-5-6-7-8-9-12-20(17,18)13-10-11-14(15)19-16/h16H,2-13H2,1H3. The maximum Gasteiger partial charge on any atom is 0.342 e. The molecule has 0 aliphatic heterocycles. The quantitative estimate of drug-likeness (QED) is 0.320. The predicted octanol–water partition coefficient (Wildman–Crippen LogP) is 3.34. The lowest BCUT2D eigenvalue weighted by Gasteiger charge is -2.04. The van der Waals surface area contributed by atoms with E-state index in [1.165, 1.54) is 32.1 Å². The van der Waals surface area contributed by atoms with Crippen LogP contribution in [0.5, 0.6) is 0 Å². The molecule has 0 atom stereocenters. The highest BCUT2D eigenvalue weighted by Gasteiger charge is 2.12. The van der Waals surface area contributed by atoms with E-state index in [0.717, 1.165) is 12.8 Å². The summed E-state index contributed by atoms with van der Waals surface area (Å²) in [5.74, 6) is -0.610. The average molecular weight is 308 g/mol. The van der Waals surface area contributed by atoms with Gasteiger partial charge in [0.05, 0.1) is 11.5 Å². The summed E-state index contributed by atoms with van der Waals surface area (Å²) in [6.45, 7) is 2.19. The van der Waals surface area contributed by atoms with Gasteiger partial charge in [0.1, 0.15) is 9.84 Å². The van der Waals surface area contributed by atoms with Crippen molar-refractivity contribution >= 4 is 15.8 Å². The molecule has 0 heterocycles. The molecule has 120 valence electrons. The highest BCUT2D eigenvalue weighted by Crippen LogP contribution is 2.10. The van der Waals surface area contributed by atoms with Crippen molar-refractivity contribution in [2.45, 2.75) is 71.1 Å². The molecule has 20 heavy (non-hydrogen) atoms. The van der Waals surface area contributed by atoms with Gasteiger partial charge in [-0.25, -0.2) is 13.2 Å². The molecule has 0 bridgehead atoms. The smallest absolute Gasteiger partial charge is 0.301 e. The minimum Gasteiger partial charge on any atom is -0.301 e. The molecular formula is C14H28O5S. The Morgan fingerprint density at radius 1 is 0.900 bits per heavy atom. The largest absolute Gasteiger partial charge is 0.342 e. The second-order valence-corrected chi connectivity index (χ2v) is 7.50. The first-order valence-corrected chi connectivity index (χ1v) is 9.38. The number of sulfone groups is 1. The van der Waals surface area contributed by atoms with Gasteiger partial charge < -0.3 is 4.89 Å². The Kier molecular flexibility index (Phi) is 11.8. The van der Waals surface area contributed by atoms with Crippen molar-refractivity contribution in [2.75, 3.05) is 11.5 Å². The molecule has 1 N–H and O–H groups in total. The van der Waals surface area contributed by atoms with Crippen molar-refractivity contribution in [3.8, 4) is 0 Å². The minimum absolute atomic E-state index is 0.0153. The summed E-state index contributed by atoms with van der Waals surface area (Å²) < 4.78 is 23.3. The Labute approximate surface area is 122 Å². The van der Waals surface area contributed by atoms with Crippen LogP contribution in [-0.4, -0.2) is 31.2 Å². The Morgan fingerprint density at radius 3 is 1.95 bits per heavy atom. The molecule has 0 saturated heterocycles. The van der Waals surface area contributed by atoms with Gasteiger partial charge in [-0.1, -0.05) is 51.9 Å². The summed E-state index contributed by atoms with van der Waals surface area (Å²) in [6, 6.07) is 0. The van der Waals surface area contributed by atoms with Gasteiger partial charge in [-0.3, -0.25) is 0 Å². The van der Waals surface area contributed by atoms with Gasteiger partial charge in [-0.2, -0.15) is 5.26 Å². The van der Waals surface area contributed by atoms with Crippen LogP contribution in [0.3, 0.4) is 0 Å². The Bertz CT molecular complexity index is 337. The summed E-state index contributed by atoms with van der Waals surface area (Å²) in [4.78, 5) is 14.1. The van der Waals surface area contributed by atoms with E-state index >= 15 is 0 Å². The maximum absolute atomic E-state index is 11.7. The summed E-state index contributed by atoms with van der Waals surface area (Å²) in [5, 5.41) is 8.04. The van der Waals surface area contributed by atoms with Crippen LogP contribution >= 0.6 is 0 Å². The topological polar surface area (TPSA) is 80.7 Å². The van der Waals surface area contributed by atoms with Gasteiger partial charge in [0.15, 0.2) is 0 Å². The zero-order valence-electron chi connectivity index (χ0n) is 12.5. The van der Waals surface area contributed by atoms with Crippen molar-refractivity contribution in [2.24, 2.45) is 0 Å². The van der Waals surface area contributed by atoms with E-state index in [-0.39, 0.29) is 24.3 Å². The van der Waals surface area contributed by atoms with E-state index in [1.54, 1.807) is 0 Å². The molecule has 0 aromatic rings. The Balaban J connectivity index is 3.50. The van der Waals surface area contributed by atoms with Crippen molar-refractivity contribution < 1.29 is 23.4 Å². The average Bonchev–Trinajstić information content (AvgIpc) is 2.41. The number of carbonyl (C=O) groups excluding carboxylic acids is 1. The van der Waals surface area contributed by atoms with Gasteiger partial charge in [0.25, 0.3) is 0 Å². The molecule has 0 spiro atoms. The molecule has 0 aromatic heterocycles. The first-order chi connectivity index (χ1) is 9.52. The van der Waals surface area contributed by atoms with Crippen LogP contribution in [0.4, 0.5) is 0 Å². The van der Waals surface area contributed by atoms with Crippen molar-refractivity contribution in [3.05, 3.63) is 0 Å². The number of hydrogen-bond donors (Lipinski definition) is 1. The lowest BCUT2D eigenvalue weighted by Crippen LogP contribution is -2.13. The molecule has 0 unspecified atom stereocenters. The molecule has 0 saturated carbocycles. The van der Waals surface area contributed by atoms with Crippen LogP contribution in [0.2, 0.25) is 0 Å². The molecule has 0 aromatic carbocycles. The number of unbranched alkanes of at least 4 members (excludes halogenated alkanes) is 7. The fourth-order valence-electron chi connectivity index (χ4n) is 2.04. The number of hydrogen-bond acceptors (Lipinski definition) is 5. The molecular weight excluding hydrogens is 280 g/mol.